The van der Waals surface area contributed by atoms with E-state index >= 15 is 0 Å². The van der Waals surface area contributed by atoms with Crippen molar-refractivity contribution < 1.29 is 4.79 Å². The number of hydrogen-bond donors (Lipinski definition) is 3. The van der Waals surface area contributed by atoms with Crippen LogP contribution in [0.25, 0.3) is 10.9 Å². The van der Waals surface area contributed by atoms with E-state index in [4.69, 9.17) is 0 Å². The van der Waals surface area contributed by atoms with Gasteiger partial charge in [0, 0.05) is 43.2 Å². The van der Waals surface area contributed by atoms with E-state index in [2.05, 4.69) is 50.1 Å². The Hall–Kier alpha value is -2.70. The molecule has 1 aliphatic rings. The van der Waals surface area contributed by atoms with Crippen LogP contribution < -0.4 is 16.2 Å². The SMILES string of the molecule is O=C(NCCn1ccc2ccccc21)C1CC(c2ccncc2)NN1. The van der Waals surface area contributed by atoms with Crippen LogP contribution in [0.4, 0.5) is 0 Å². The van der Waals surface area contributed by atoms with Gasteiger partial charge in [0.15, 0.2) is 0 Å². The summed E-state index contributed by atoms with van der Waals surface area (Å²) < 4.78 is 2.16. The smallest absolute Gasteiger partial charge is 0.238 e. The molecule has 2 atom stereocenters. The molecule has 128 valence electrons. The van der Waals surface area contributed by atoms with E-state index in [-0.39, 0.29) is 18.0 Å². The molecular weight excluding hydrogens is 314 g/mol. The third-order valence-corrected chi connectivity index (χ3v) is 4.66. The summed E-state index contributed by atoms with van der Waals surface area (Å²) in [7, 11) is 0. The first kappa shape index (κ1) is 15.8. The van der Waals surface area contributed by atoms with Crippen LogP contribution in [-0.4, -0.2) is 28.0 Å². The second-order valence-corrected chi connectivity index (χ2v) is 6.27. The molecule has 0 bridgehead atoms. The van der Waals surface area contributed by atoms with Gasteiger partial charge in [-0.15, -0.1) is 0 Å². The number of fused-ring (bicyclic) bond motifs is 1. The van der Waals surface area contributed by atoms with E-state index in [1.54, 1.807) is 12.4 Å². The minimum Gasteiger partial charge on any atom is -0.353 e. The highest BCUT2D eigenvalue weighted by Crippen LogP contribution is 2.21. The number of hydrogen-bond acceptors (Lipinski definition) is 4. The van der Waals surface area contributed by atoms with Gasteiger partial charge in [-0.2, -0.15) is 0 Å². The predicted molar refractivity (Wildman–Crippen MR) is 96.6 cm³/mol. The topological polar surface area (TPSA) is 71.0 Å². The molecule has 3 N–H and O–H groups in total. The van der Waals surface area contributed by atoms with Gasteiger partial charge in [0.25, 0.3) is 0 Å². The van der Waals surface area contributed by atoms with Crippen LogP contribution in [0.15, 0.2) is 61.1 Å². The third-order valence-electron chi connectivity index (χ3n) is 4.66. The number of hydrazine groups is 1. The Labute approximate surface area is 146 Å². The lowest BCUT2D eigenvalue weighted by Gasteiger charge is -2.11. The monoisotopic (exact) mass is 335 g/mol. The zero-order valence-corrected chi connectivity index (χ0v) is 13.9. The first-order chi connectivity index (χ1) is 12.3. The van der Waals surface area contributed by atoms with Crippen LogP contribution in [0.5, 0.6) is 0 Å². The summed E-state index contributed by atoms with van der Waals surface area (Å²) in [5, 5.41) is 4.24. The van der Waals surface area contributed by atoms with Gasteiger partial charge in [0.1, 0.15) is 6.04 Å². The first-order valence-electron chi connectivity index (χ1n) is 8.54. The standard InChI is InChI=1S/C19H21N5O/c25-19(17-13-16(22-23-17)14-5-8-20-9-6-14)21-10-12-24-11-7-15-3-1-2-4-18(15)24/h1-9,11,16-17,22-23H,10,12-13H2,(H,21,25). The van der Waals surface area contributed by atoms with Crippen molar-refractivity contribution in [1.29, 1.82) is 0 Å². The summed E-state index contributed by atoms with van der Waals surface area (Å²) >= 11 is 0. The highest BCUT2D eigenvalue weighted by atomic mass is 16.2. The van der Waals surface area contributed by atoms with Gasteiger partial charge in [0.2, 0.25) is 5.91 Å². The molecule has 3 heterocycles. The maximum absolute atomic E-state index is 12.4. The van der Waals surface area contributed by atoms with E-state index in [0.717, 1.165) is 18.5 Å². The average molecular weight is 335 g/mol. The molecule has 0 spiro atoms. The molecular formula is C19H21N5O. The van der Waals surface area contributed by atoms with E-state index < -0.39 is 0 Å². The van der Waals surface area contributed by atoms with Gasteiger partial charge in [-0.25, -0.2) is 10.9 Å². The van der Waals surface area contributed by atoms with Crippen molar-refractivity contribution in [3.05, 3.63) is 66.6 Å². The summed E-state index contributed by atoms with van der Waals surface area (Å²) in [6, 6.07) is 14.2. The second-order valence-electron chi connectivity index (χ2n) is 6.27. The van der Waals surface area contributed by atoms with Crippen molar-refractivity contribution in [2.75, 3.05) is 6.54 Å². The van der Waals surface area contributed by atoms with Crippen molar-refractivity contribution in [3.63, 3.8) is 0 Å². The maximum atomic E-state index is 12.4. The summed E-state index contributed by atoms with van der Waals surface area (Å²) in [4.78, 5) is 16.4. The van der Waals surface area contributed by atoms with Crippen LogP contribution in [0.2, 0.25) is 0 Å². The van der Waals surface area contributed by atoms with Crippen molar-refractivity contribution in [2.45, 2.75) is 25.0 Å². The highest BCUT2D eigenvalue weighted by Gasteiger charge is 2.29. The molecule has 2 aromatic heterocycles. The third kappa shape index (κ3) is 3.40. The Morgan fingerprint density at radius 2 is 2.00 bits per heavy atom. The van der Waals surface area contributed by atoms with Gasteiger partial charge in [-0.3, -0.25) is 9.78 Å². The fourth-order valence-corrected chi connectivity index (χ4v) is 3.30. The second kappa shape index (κ2) is 7.04. The molecule has 1 fully saturated rings. The Balaban J connectivity index is 1.30. The number of carbonyl (C=O) groups is 1. The molecule has 1 aromatic carbocycles. The minimum atomic E-state index is -0.223. The lowest BCUT2D eigenvalue weighted by molar-refractivity contribution is -0.122. The minimum absolute atomic E-state index is 0.0283. The molecule has 1 saturated heterocycles. The molecule has 6 heteroatoms. The lowest BCUT2D eigenvalue weighted by atomic mass is 10.0. The molecule has 3 aromatic rings. The largest absolute Gasteiger partial charge is 0.353 e. The van der Waals surface area contributed by atoms with Crippen LogP contribution >= 0.6 is 0 Å². The molecule has 25 heavy (non-hydrogen) atoms. The summed E-state index contributed by atoms with van der Waals surface area (Å²) in [5.41, 5.74) is 8.60. The van der Waals surface area contributed by atoms with Gasteiger partial charge < -0.3 is 9.88 Å². The Kier molecular flexibility index (Phi) is 4.45. The number of rotatable bonds is 5. The van der Waals surface area contributed by atoms with E-state index in [1.165, 1.54) is 10.9 Å². The highest BCUT2D eigenvalue weighted by molar-refractivity contribution is 5.82. The number of pyridine rings is 1. The number of benzene rings is 1. The summed E-state index contributed by atoms with van der Waals surface area (Å²) in [5.74, 6) is 0.0283. The number of aromatic nitrogens is 2. The van der Waals surface area contributed by atoms with E-state index in [9.17, 15) is 4.79 Å². The summed E-state index contributed by atoms with van der Waals surface area (Å²) in [6.45, 7) is 1.36. The zero-order valence-electron chi connectivity index (χ0n) is 13.9. The van der Waals surface area contributed by atoms with Crippen LogP contribution in [0.1, 0.15) is 18.0 Å². The molecule has 1 amide bonds. The van der Waals surface area contributed by atoms with Crippen molar-refractivity contribution >= 4 is 16.8 Å². The summed E-state index contributed by atoms with van der Waals surface area (Å²) in [6.07, 6.45) is 6.32. The number of para-hydroxylation sites is 1. The Morgan fingerprint density at radius 3 is 2.88 bits per heavy atom. The van der Waals surface area contributed by atoms with E-state index in [0.29, 0.717) is 6.54 Å². The van der Waals surface area contributed by atoms with Gasteiger partial charge >= 0.3 is 0 Å². The van der Waals surface area contributed by atoms with Crippen molar-refractivity contribution in [1.82, 2.24) is 25.7 Å². The zero-order chi connectivity index (χ0) is 17.1. The Morgan fingerprint density at radius 1 is 1.16 bits per heavy atom. The number of amides is 1. The number of nitrogens with zero attached hydrogens (tertiary/aromatic N) is 2. The predicted octanol–water partition coefficient (Wildman–Crippen LogP) is 1.76. The Bertz CT molecular complexity index is 860. The first-order valence-corrected chi connectivity index (χ1v) is 8.54. The fraction of sp³-hybridized carbons (Fsp3) is 0.263. The molecule has 1 aliphatic heterocycles. The maximum Gasteiger partial charge on any atom is 0.238 e. The molecule has 0 radical (unpaired) electrons. The lowest BCUT2D eigenvalue weighted by Crippen LogP contribution is -2.44. The van der Waals surface area contributed by atoms with Gasteiger partial charge in [-0.1, -0.05) is 18.2 Å². The van der Waals surface area contributed by atoms with Gasteiger partial charge in [-0.05, 0) is 41.6 Å². The average Bonchev–Trinajstić information content (AvgIpc) is 3.30. The van der Waals surface area contributed by atoms with Crippen LogP contribution in [-0.2, 0) is 11.3 Å². The number of nitrogens with one attached hydrogen (secondary N) is 3. The van der Waals surface area contributed by atoms with Crippen LogP contribution in [0.3, 0.4) is 0 Å². The van der Waals surface area contributed by atoms with Crippen molar-refractivity contribution in [3.8, 4) is 0 Å². The molecule has 2 unspecified atom stereocenters. The normalized spacial score (nSPS) is 20.0. The number of carbonyl (C=O) groups excluding carboxylic acids is 1. The quantitative estimate of drug-likeness (QED) is 0.664. The molecule has 0 saturated carbocycles. The molecule has 4 rings (SSSR count). The van der Waals surface area contributed by atoms with Gasteiger partial charge in [0.05, 0.1) is 0 Å². The van der Waals surface area contributed by atoms with Crippen molar-refractivity contribution in [2.24, 2.45) is 0 Å². The van der Waals surface area contributed by atoms with Crippen LogP contribution in [0, 0.1) is 0 Å². The fourth-order valence-electron chi connectivity index (χ4n) is 3.30. The molecule has 6 nitrogen and oxygen atoms in total. The molecule has 0 aliphatic carbocycles. The van der Waals surface area contributed by atoms with E-state index in [1.807, 2.05) is 24.3 Å².